The lowest BCUT2D eigenvalue weighted by Crippen LogP contribution is -2.22. The summed E-state index contributed by atoms with van der Waals surface area (Å²) in [6.45, 7) is 4.31. The van der Waals surface area contributed by atoms with E-state index in [2.05, 4.69) is 13.8 Å². The van der Waals surface area contributed by atoms with Gasteiger partial charge in [-0.05, 0) is 13.3 Å². The van der Waals surface area contributed by atoms with Crippen molar-refractivity contribution in [3.8, 4) is 0 Å². The number of hydrogen-bond acceptors (Lipinski definition) is 1. The van der Waals surface area contributed by atoms with E-state index in [9.17, 15) is 0 Å². The van der Waals surface area contributed by atoms with Crippen molar-refractivity contribution < 1.29 is 4.74 Å². The van der Waals surface area contributed by atoms with Crippen LogP contribution in [0.4, 0.5) is 0 Å². The lowest BCUT2D eigenvalue weighted by molar-refractivity contribution is 0.0167. The molecule has 0 fully saturated rings. The first-order chi connectivity index (χ1) is 6.74. The molecule has 0 aromatic rings. The Labute approximate surface area is 98.1 Å². The summed E-state index contributed by atoms with van der Waals surface area (Å²) in [6.07, 6.45) is 6.56. The van der Waals surface area contributed by atoms with E-state index < -0.39 is 0 Å². The number of unbranched alkanes of at least 4 members (excludes halogenated alkanes) is 3. The fourth-order valence-electron chi connectivity index (χ4n) is 1.37. The predicted molar refractivity (Wildman–Crippen MR) is 64.5 cm³/mol. The van der Waals surface area contributed by atoms with Gasteiger partial charge >= 0.3 is 0 Å². The first-order valence-corrected chi connectivity index (χ1v) is 6.58. The van der Waals surface area contributed by atoms with Crippen LogP contribution in [0.2, 0.25) is 0 Å². The van der Waals surface area contributed by atoms with Gasteiger partial charge in [-0.15, -0.1) is 23.2 Å². The van der Waals surface area contributed by atoms with Crippen LogP contribution in [-0.4, -0.2) is 24.0 Å². The Hall–Kier alpha value is 0.540. The highest BCUT2D eigenvalue weighted by Gasteiger charge is 2.10. The molecule has 0 saturated heterocycles. The molecular formula is C11H22Cl2O. The van der Waals surface area contributed by atoms with Crippen LogP contribution in [0.5, 0.6) is 0 Å². The van der Waals surface area contributed by atoms with Gasteiger partial charge in [-0.2, -0.15) is 0 Å². The summed E-state index contributed by atoms with van der Waals surface area (Å²) in [4.78, 5) is 0. The van der Waals surface area contributed by atoms with E-state index in [1.807, 2.05) is 0 Å². The third-order valence-corrected chi connectivity index (χ3v) is 2.92. The monoisotopic (exact) mass is 240 g/mol. The van der Waals surface area contributed by atoms with Crippen LogP contribution >= 0.6 is 23.2 Å². The molecule has 0 N–H and O–H groups in total. The second-order valence-corrected chi connectivity index (χ2v) is 4.34. The van der Waals surface area contributed by atoms with Gasteiger partial charge in [0.25, 0.3) is 0 Å². The van der Waals surface area contributed by atoms with E-state index >= 15 is 0 Å². The molecule has 0 aliphatic heterocycles. The number of hydrogen-bond donors (Lipinski definition) is 0. The van der Waals surface area contributed by atoms with Crippen molar-refractivity contribution in [2.24, 2.45) is 0 Å². The molecule has 0 aromatic carbocycles. The van der Waals surface area contributed by atoms with Crippen LogP contribution < -0.4 is 0 Å². The molecule has 0 spiro atoms. The van der Waals surface area contributed by atoms with Gasteiger partial charge in [0, 0.05) is 11.8 Å². The zero-order chi connectivity index (χ0) is 10.8. The molecule has 0 radical (unpaired) electrons. The summed E-state index contributed by atoms with van der Waals surface area (Å²) in [5, 5.41) is 0. The van der Waals surface area contributed by atoms with Gasteiger partial charge in [0.15, 0.2) is 0 Å². The largest absolute Gasteiger partial charge is 0.373 e. The van der Waals surface area contributed by atoms with E-state index in [0.29, 0.717) is 11.8 Å². The van der Waals surface area contributed by atoms with Crippen molar-refractivity contribution in [2.75, 3.05) is 11.8 Å². The highest BCUT2D eigenvalue weighted by atomic mass is 35.5. The highest BCUT2D eigenvalue weighted by Crippen LogP contribution is 2.11. The summed E-state index contributed by atoms with van der Waals surface area (Å²) in [7, 11) is 0. The number of alkyl halides is 2. The third kappa shape index (κ3) is 7.90. The maximum atomic E-state index is 5.69. The Morgan fingerprint density at radius 3 is 2.21 bits per heavy atom. The van der Waals surface area contributed by atoms with E-state index in [1.165, 1.54) is 25.7 Å². The molecule has 0 aromatic heterocycles. The molecule has 0 saturated carbocycles. The standard InChI is InChI=1S/C11H22Cl2O/c1-3-4-5-6-7-10(2)14-11(8-12)9-13/h10-11H,3-9H2,1-2H3. The molecule has 14 heavy (non-hydrogen) atoms. The van der Waals surface area contributed by atoms with Gasteiger partial charge in [0.05, 0.1) is 12.2 Å². The smallest absolute Gasteiger partial charge is 0.0849 e. The van der Waals surface area contributed by atoms with Gasteiger partial charge in [-0.3, -0.25) is 0 Å². The van der Waals surface area contributed by atoms with Crippen LogP contribution in [0.25, 0.3) is 0 Å². The Morgan fingerprint density at radius 2 is 1.71 bits per heavy atom. The zero-order valence-electron chi connectivity index (χ0n) is 9.27. The van der Waals surface area contributed by atoms with Crippen molar-refractivity contribution in [1.82, 2.24) is 0 Å². The predicted octanol–water partition coefficient (Wildman–Crippen LogP) is 4.21. The highest BCUT2D eigenvalue weighted by molar-refractivity contribution is 6.21. The lowest BCUT2D eigenvalue weighted by atomic mass is 10.1. The average molecular weight is 241 g/mol. The second-order valence-electron chi connectivity index (χ2n) is 3.73. The normalized spacial score (nSPS) is 13.5. The number of halogens is 2. The van der Waals surface area contributed by atoms with Crippen LogP contribution in [0.15, 0.2) is 0 Å². The quantitative estimate of drug-likeness (QED) is 0.434. The van der Waals surface area contributed by atoms with Crippen molar-refractivity contribution in [1.29, 1.82) is 0 Å². The molecule has 0 heterocycles. The van der Waals surface area contributed by atoms with Gasteiger partial charge in [-0.25, -0.2) is 0 Å². The minimum Gasteiger partial charge on any atom is -0.373 e. The summed E-state index contributed by atoms with van der Waals surface area (Å²) in [6, 6.07) is 0. The molecule has 3 heteroatoms. The zero-order valence-corrected chi connectivity index (χ0v) is 10.8. The SMILES string of the molecule is CCCCCCC(C)OC(CCl)CCl. The summed E-state index contributed by atoms with van der Waals surface area (Å²) in [5.74, 6) is 0.978. The van der Waals surface area contributed by atoms with E-state index in [0.717, 1.165) is 6.42 Å². The fraction of sp³-hybridized carbons (Fsp3) is 1.00. The lowest BCUT2D eigenvalue weighted by Gasteiger charge is -2.18. The molecular weight excluding hydrogens is 219 g/mol. The molecule has 0 amide bonds. The van der Waals surface area contributed by atoms with Crippen LogP contribution in [0.1, 0.15) is 46.0 Å². The van der Waals surface area contributed by atoms with Gasteiger partial charge in [0.2, 0.25) is 0 Å². The average Bonchev–Trinajstić information content (AvgIpc) is 2.21. The maximum absolute atomic E-state index is 5.69. The summed E-state index contributed by atoms with van der Waals surface area (Å²) < 4.78 is 5.67. The Bertz CT molecular complexity index is 116. The molecule has 1 atom stereocenters. The minimum atomic E-state index is 0.0134. The van der Waals surface area contributed by atoms with Gasteiger partial charge in [-0.1, -0.05) is 32.6 Å². The van der Waals surface area contributed by atoms with Crippen LogP contribution in [-0.2, 0) is 4.74 Å². The van der Waals surface area contributed by atoms with Crippen molar-refractivity contribution in [3.63, 3.8) is 0 Å². The number of rotatable bonds is 9. The molecule has 0 aliphatic rings. The van der Waals surface area contributed by atoms with Crippen LogP contribution in [0.3, 0.4) is 0 Å². The summed E-state index contributed by atoms with van der Waals surface area (Å²) >= 11 is 11.4. The topological polar surface area (TPSA) is 9.23 Å². The first-order valence-electron chi connectivity index (χ1n) is 5.52. The van der Waals surface area contributed by atoms with E-state index in [1.54, 1.807) is 0 Å². The molecule has 1 unspecified atom stereocenters. The Kier molecular flexibility index (Phi) is 10.5. The second kappa shape index (κ2) is 10.1. The van der Waals surface area contributed by atoms with Crippen LogP contribution in [0, 0.1) is 0 Å². The third-order valence-electron chi connectivity index (χ3n) is 2.23. The summed E-state index contributed by atoms with van der Waals surface area (Å²) in [5.41, 5.74) is 0. The van der Waals surface area contributed by atoms with Gasteiger partial charge < -0.3 is 4.74 Å². The van der Waals surface area contributed by atoms with Gasteiger partial charge in [0.1, 0.15) is 0 Å². The molecule has 86 valence electrons. The molecule has 0 rings (SSSR count). The fourth-order valence-corrected chi connectivity index (χ4v) is 1.84. The van der Waals surface area contributed by atoms with E-state index in [-0.39, 0.29) is 12.2 Å². The molecule has 0 aliphatic carbocycles. The Balaban J connectivity index is 3.38. The van der Waals surface area contributed by atoms with Crippen molar-refractivity contribution >= 4 is 23.2 Å². The molecule has 0 bridgehead atoms. The van der Waals surface area contributed by atoms with Crippen molar-refractivity contribution in [3.05, 3.63) is 0 Å². The molecule has 1 nitrogen and oxygen atoms in total. The van der Waals surface area contributed by atoms with Crippen molar-refractivity contribution in [2.45, 2.75) is 58.2 Å². The number of ether oxygens (including phenoxy) is 1. The maximum Gasteiger partial charge on any atom is 0.0849 e. The first kappa shape index (κ1) is 14.5. The van der Waals surface area contributed by atoms with E-state index in [4.69, 9.17) is 27.9 Å². The minimum absolute atomic E-state index is 0.0134. The Morgan fingerprint density at radius 1 is 1.07 bits per heavy atom.